The summed E-state index contributed by atoms with van der Waals surface area (Å²) in [5.41, 5.74) is 0. The predicted molar refractivity (Wildman–Crippen MR) is 196 cm³/mol. The van der Waals surface area contributed by atoms with Gasteiger partial charge in [0.2, 0.25) is 0 Å². The van der Waals surface area contributed by atoms with Gasteiger partial charge in [-0.25, -0.2) is 0 Å². The van der Waals surface area contributed by atoms with Crippen LogP contribution in [0.25, 0.3) is 0 Å². The Hall–Kier alpha value is -0.870. The number of hydrogen-bond acceptors (Lipinski definition) is 4. The Kier molecular flexibility index (Phi) is 38.5. The van der Waals surface area contributed by atoms with Gasteiger partial charge in [0, 0.05) is 13.0 Å². The molecule has 1 N–H and O–H groups in total. The van der Waals surface area contributed by atoms with Crippen LogP contribution in [0.1, 0.15) is 219 Å². The molecule has 0 aromatic carbocycles. The minimum Gasteiger partial charge on any atom is -0.457 e. The molecule has 1 atom stereocenters. The second-order valence-corrected chi connectivity index (χ2v) is 13.7. The van der Waals surface area contributed by atoms with Gasteiger partial charge in [0.15, 0.2) is 0 Å². The number of allylic oxidation sites excluding steroid dienone is 2. The van der Waals surface area contributed by atoms with E-state index in [-0.39, 0.29) is 12.6 Å². The molecule has 45 heavy (non-hydrogen) atoms. The Morgan fingerprint density at radius 3 is 1.27 bits per heavy atom. The zero-order chi connectivity index (χ0) is 32.7. The first kappa shape index (κ1) is 44.1. The van der Waals surface area contributed by atoms with Gasteiger partial charge in [-0.05, 0) is 38.5 Å². The van der Waals surface area contributed by atoms with E-state index in [2.05, 4.69) is 26.0 Å². The summed E-state index contributed by atoms with van der Waals surface area (Å²) < 4.78 is 11.1. The Labute approximate surface area is 282 Å². The molecule has 0 saturated carbocycles. The summed E-state index contributed by atoms with van der Waals surface area (Å²) in [5, 5.41) is 9.57. The van der Waals surface area contributed by atoms with Gasteiger partial charge in [0.1, 0.15) is 6.10 Å². The lowest BCUT2D eigenvalue weighted by molar-refractivity contribution is -0.154. The van der Waals surface area contributed by atoms with Crippen LogP contribution in [0.2, 0.25) is 0 Å². The molecule has 0 aliphatic rings. The van der Waals surface area contributed by atoms with Crippen molar-refractivity contribution in [2.24, 2.45) is 0 Å². The number of ether oxygens (including phenoxy) is 2. The zero-order valence-corrected chi connectivity index (χ0v) is 30.7. The average Bonchev–Trinajstić information content (AvgIpc) is 3.05. The number of esters is 1. The molecule has 0 aliphatic heterocycles. The SMILES string of the molecule is CCCCCCCC/C=C\CCCCCCCCCCCCOCC(CO)OC(=O)CCCCCCCCCCCCCCC. The van der Waals surface area contributed by atoms with Crippen LogP contribution in [0.15, 0.2) is 12.2 Å². The van der Waals surface area contributed by atoms with Crippen molar-refractivity contribution in [1.29, 1.82) is 0 Å². The quantitative estimate of drug-likeness (QED) is 0.0416. The van der Waals surface area contributed by atoms with Gasteiger partial charge >= 0.3 is 5.97 Å². The molecule has 0 amide bonds. The lowest BCUT2D eigenvalue weighted by atomic mass is 10.0. The molecule has 4 nitrogen and oxygen atoms in total. The van der Waals surface area contributed by atoms with Gasteiger partial charge in [-0.3, -0.25) is 4.79 Å². The summed E-state index contributed by atoms with van der Waals surface area (Å²) in [6.45, 7) is 5.37. The van der Waals surface area contributed by atoms with Crippen molar-refractivity contribution in [1.82, 2.24) is 0 Å². The molecule has 0 fully saturated rings. The second-order valence-electron chi connectivity index (χ2n) is 13.7. The van der Waals surface area contributed by atoms with Gasteiger partial charge in [-0.2, -0.15) is 0 Å². The lowest BCUT2D eigenvalue weighted by Gasteiger charge is -2.16. The second kappa shape index (κ2) is 39.3. The van der Waals surface area contributed by atoms with Gasteiger partial charge in [-0.15, -0.1) is 0 Å². The van der Waals surface area contributed by atoms with Crippen molar-refractivity contribution in [2.45, 2.75) is 225 Å². The third-order valence-corrected chi connectivity index (χ3v) is 9.09. The summed E-state index contributed by atoms with van der Waals surface area (Å²) in [4.78, 5) is 12.1. The van der Waals surface area contributed by atoms with E-state index in [0.717, 1.165) is 19.3 Å². The predicted octanol–water partition coefficient (Wildman–Crippen LogP) is 13.0. The number of carbonyl (C=O) groups is 1. The van der Waals surface area contributed by atoms with E-state index in [1.54, 1.807) is 0 Å². The standard InChI is InChI=1S/C41H80O4/c1-3-5-7-9-11-13-15-17-18-19-20-21-22-23-25-27-29-31-33-35-37-44-39-40(38-42)45-41(43)36-34-32-30-28-26-24-16-14-12-10-8-6-4-2/h17-18,40,42H,3-16,19-39H2,1-2H3/b18-17-. The smallest absolute Gasteiger partial charge is 0.306 e. The highest BCUT2D eigenvalue weighted by molar-refractivity contribution is 5.69. The van der Waals surface area contributed by atoms with Crippen LogP contribution in [0.3, 0.4) is 0 Å². The van der Waals surface area contributed by atoms with Crippen LogP contribution in [0, 0.1) is 0 Å². The number of aliphatic hydroxyl groups is 1. The zero-order valence-electron chi connectivity index (χ0n) is 30.7. The van der Waals surface area contributed by atoms with Gasteiger partial charge in [0.05, 0.1) is 13.2 Å². The normalized spacial score (nSPS) is 12.3. The van der Waals surface area contributed by atoms with Gasteiger partial charge in [0.25, 0.3) is 0 Å². The molecule has 0 aliphatic carbocycles. The van der Waals surface area contributed by atoms with Crippen LogP contribution < -0.4 is 0 Å². The Morgan fingerprint density at radius 1 is 0.511 bits per heavy atom. The van der Waals surface area contributed by atoms with E-state index >= 15 is 0 Å². The summed E-state index contributed by atoms with van der Waals surface area (Å²) in [7, 11) is 0. The molecule has 0 bridgehead atoms. The Bertz CT molecular complexity index is 590. The highest BCUT2D eigenvalue weighted by Gasteiger charge is 2.13. The highest BCUT2D eigenvalue weighted by atomic mass is 16.6. The van der Waals surface area contributed by atoms with E-state index in [1.807, 2.05) is 0 Å². The molecule has 268 valence electrons. The van der Waals surface area contributed by atoms with Gasteiger partial charge in [-0.1, -0.05) is 187 Å². The molecular weight excluding hydrogens is 556 g/mol. The highest BCUT2D eigenvalue weighted by Crippen LogP contribution is 2.15. The van der Waals surface area contributed by atoms with E-state index in [4.69, 9.17) is 9.47 Å². The third kappa shape index (κ3) is 37.5. The van der Waals surface area contributed by atoms with E-state index < -0.39 is 6.10 Å². The fraction of sp³-hybridized carbons (Fsp3) is 0.927. The van der Waals surface area contributed by atoms with E-state index in [9.17, 15) is 9.90 Å². The molecule has 4 heteroatoms. The van der Waals surface area contributed by atoms with E-state index in [0.29, 0.717) is 19.6 Å². The number of unbranched alkanes of at least 4 members (excludes halogenated alkanes) is 28. The average molecular weight is 637 g/mol. The Balaban J connectivity index is 3.38. The maximum absolute atomic E-state index is 12.1. The molecular formula is C41H80O4. The summed E-state index contributed by atoms with van der Waals surface area (Å²) >= 11 is 0. The van der Waals surface area contributed by atoms with Crippen LogP contribution in [0.5, 0.6) is 0 Å². The molecule has 0 aromatic rings. The summed E-state index contributed by atoms with van der Waals surface area (Å²) in [6, 6.07) is 0. The first-order valence-electron chi connectivity index (χ1n) is 20.3. The summed E-state index contributed by atoms with van der Waals surface area (Å²) in [5.74, 6) is -0.198. The largest absolute Gasteiger partial charge is 0.457 e. The third-order valence-electron chi connectivity index (χ3n) is 9.09. The summed E-state index contributed by atoms with van der Waals surface area (Å²) in [6.07, 6.45) is 45.5. The molecule has 0 aromatic heterocycles. The van der Waals surface area contributed by atoms with Gasteiger partial charge < -0.3 is 14.6 Å². The minimum atomic E-state index is -0.527. The van der Waals surface area contributed by atoms with Crippen LogP contribution in [-0.2, 0) is 14.3 Å². The molecule has 0 heterocycles. The van der Waals surface area contributed by atoms with E-state index in [1.165, 1.54) is 180 Å². The first-order valence-corrected chi connectivity index (χ1v) is 20.3. The van der Waals surface area contributed by atoms with Crippen molar-refractivity contribution >= 4 is 5.97 Å². The van der Waals surface area contributed by atoms with Crippen molar-refractivity contribution < 1.29 is 19.4 Å². The number of hydrogen-bond donors (Lipinski definition) is 1. The van der Waals surface area contributed by atoms with Crippen molar-refractivity contribution in [3.05, 3.63) is 12.2 Å². The number of rotatable bonds is 38. The fourth-order valence-corrected chi connectivity index (χ4v) is 6.03. The number of aliphatic hydroxyl groups excluding tert-OH is 1. The van der Waals surface area contributed by atoms with Crippen LogP contribution >= 0.6 is 0 Å². The molecule has 0 spiro atoms. The lowest BCUT2D eigenvalue weighted by Crippen LogP contribution is -2.27. The minimum absolute atomic E-state index is 0.166. The molecule has 0 radical (unpaired) electrons. The maximum Gasteiger partial charge on any atom is 0.306 e. The number of carbonyl (C=O) groups excluding carboxylic acids is 1. The fourth-order valence-electron chi connectivity index (χ4n) is 6.03. The molecule has 0 rings (SSSR count). The van der Waals surface area contributed by atoms with Crippen molar-refractivity contribution in [3.63, 3.8) is 0 Å². The topological polar surface area (TPSA) is 55.8 Å². The first-order chi connectivity index (χ1) is 22.2. The molecule has 1 unspecified atom stereocenters. The maximum atomic E-state index is 12.1. The monoisotopic (exact) mass is 637 g/mol. The van der Waals surface area contributed by atoms with Crippen molar-refractivity contribution in [3.8, 4) is 0 Å². The molecule has 0 saturated heterocycles. The van der Waals surface area contributed by atoms with Crippen LogP contribution in [0.4, 0.5) is 0 Å². The Morgan fingerprint density at radius 2 is 0.867 bits per heavy atom. The van der Waals surface area contributed by atoms with Crippen LogP contribution in [-0.4, -0.2) is 37.0 Å². The van der Waals surface area contributed by atoms with Crippen molar-refractivity contribution in [2.75, 3.05) is 19.8 Å².